The van der Waals surface area contributed by atoms with E-state index in [0.29, 0.717) is 11.5 Å². The van der Waals surface area contributed by atoms with Gasteiger partial charge in [0.25, 0.3) is 0 Å². The summed E-state index contributed by atoms with van der Waals surface area (Å²) in [6.07, 6.45) is 3.86. The van der Waals surface area contributed by atoms with Crippen molar-refractivity contribution in [2.45, 2.75) is 39.2 Å². The Hall–Kier alpha value is -0.890. The van der Waals surface area contributed by atoms with E-state index in [1.54, 1.807) is 0 Å². The van der Waals surface area contributed by atoms with Gasteiger partial charge in [0.15, 0.2) is 0 Å². The largest absolute Gasteiger partial charge is 0.382 e. The fourth-order valence-corrected chi connectivity index (χ4v) is 3.10. The Balaban J connectivity index is 2.13. The number of rotatable bonds is 3. The third-order valence-electron chi connectivity index (χ3n) is 4.03. The van der Waals surface area contributed by atoms with Crippen LogP contribution in [0, 0.1) is 5.41 Å². The van der Waals surface area contributed by atoms with Gasteiger partial charge in [0.05, 0.1) is 10.7 Å². The second-order valence-electron chi connectivity index (χ2n) is 6.14. The second kappa shape index (κ2) is 5.00. The Morgan fingerprint density at radius 3 is 2.56 bits per heavy atom. The van der Waals surface area contributed by atoms with Crippen molar-refractivity contribution in [3.05, 3.63) is 23.2 Å². The lowest BCUT2D eigenvalue weighted by atomic mass is 9.87. The predicted molar refractivity (Wildman–Crippen MR) is 80.8 cm³/mol. The van der Waals surface area contributed by atoms with Crippen molar-refractivity contribution in [2.75, 3.05) is 24.3 Å². The average Bonchev–Trinajstić information content (AvgIpc) is 2.58. The molecule has 1 saturated carbocycles. The first kappa shape index (κ1) is 13.5. The zero-order chi connectivity index (χ0) is 13.3. The number of nitrogens with one attached hydrogen (secondary N) is 1. The lowest BCUT2D eigenvalue weighted by molar-refractivity contribution is 0.350. The van der Waals surface area contributed by atoms with Gasteiger partial charge < -0.3 is 10.2 Å². The van der Waals surface area contributed by atoms with E-state index < -0.39 is 0 Å². The van der Waals surface area contributed by atoms with Crippen molar-refractivity contribution in [3.8, 4) is 0 Å². The summed E-state index contributed by atoms with van der Waals surface area (Å²) in [6.45, 7) is 4.68. The van der Waals surface area contributed by atoms with Gasteiger partial charge in [-0.25, -0.2) is 0 Å². The van der Waals surface area contributed by atoms with E-state index in [4.69, 9.17) is 11.6 Å². The summed E-state index contributed by atoms with van der Waals surface area (Å²) in [5.74, 6) is 0. The summed E-state index contributed by atoms with van der Waals surface area (Å²) in [7, 11) is 4.02. The maximum absolute atomic E-state index is 6.30. The highest BCUT2D eigenvalue weighted by Gasteiger charge is 2.34. The summed E-state index contributed by atoms with van der Waals surface area (Å²) in [5, 5.41) is 4.44. The molecule has 0 saturated heterocycles. The molecular formula is C15H23ClN2. The van der Waals surface area contributed by atoms with Crippen LogP contribution >= 0.6 is 11.6 Å². The van der Waals surface area contributed by atoms with Crippen molar-refractivity contribution in [1.82, 2.24) is 0 Å². The number of benzene rings is 1. The second-order valence-corrected chi connectivity index (χ2v) is 6.55. The topological polar surface area (TPSA) is 15.3 Å². The van der Waals surface area contributed by atoms with E-state index in [1.807, 2.05) is 25.1 Å². The maximum Gasteiger partial charge on any atom is 0.0659 e. The molecule has 18 heavy (non-hydrogen) atoms. The van der Waals surface area contributed by atoms with E-state index in [-0.39, 0.29) is 0 Å². The lowest BCUT2D eigenvalue weighted by Crippen LogP contribution is -2.30. The van der Waals surface area contributed by atoms with Crippen LogP contribution in [-0.2, 0) is 0 Å². The monoisotopic (exact) mass is 266 g/mol. The third kappa shape index (κ3) is 2.74. The van der Waals surface area contributed by atoms with Crippen LogP contribution < -0.4 is 10.2 Å². The number of hydrogen-bond donors (Lipinski definition) is 1. The normalized spacial score (nSPS) is 21.9. The predicted octanol–water partition coefficient (Wildman–Crippen LogP) is 4.40. The fourth-order valence-electron chi connectivity index (χ4n) is 2.75. The first-order valence-electron chi connectivity index (χ1n) is 6.63. The summed E-state index contributed by atoms with van der Waals surface area (Å²) < 4.78 is 0. The number of anilines is 2. The Labute approximate surface area is 115 Å². The molecule has 0 amide bonds. The highest BCUT2D eigenvalue weighted by molar-refractivity contribution is 6.33. The van der Waals surface area contributed by atoms with Crippen LogP contribution in [0.15, 0.2) is 18.2 Å². The van der Waals surface area contributed by atoms with Gasteiger partial charge in [0, 0.05) is 25.8 Å². The smallest absolute Gasteiger partial charge is 0.0659 e. The van der Waals surface area contributed by atoms with Gasteiger partial charge in [-0.2, -0.15) is 0 Å². The minimum atomic E-state index is 0.382. The van der Waals surface area contributed by atoms with E-state index in [1.165, 1.54) is 19.3 Å². The van der Waals surface area contributed by atoms with Crippen LogP contribution in [0.1, 0.15) is 33.1 Å². The SMILES string of the molecule is CN(C)c1ccc(NC2CCCC2(C)C)cc1Cl. The van der Waals surface area contributed by atoms with Crippen LogP contribution in [0.4, 0.5) is 11.4 Å². The van der Waals surface area contributed by atoms with Crippen molar-refractivity contribution < 1.29 is 0 Å². The quantitative estimate of drug-likeness (QED) is 0.873. The maximum atomic E-state index is 6.30. The van der Waals surface area contributed by atoms with Crippen LogP contribution in [0.3, 0.4) is 0 Å². The molecule has 1 fully saturated rings. The number of hydrogen-bond acceptors (Lipinski definition) is 2. The highest BCUT2D eigenvalue weighted by Crippen LogP contribution is 2.39. The minimum Gasteiger partial charge on any atom is -0.382 e. The molecule has 1 aliphatic rings. The summed E-state index contributed by atoms with van der Waals surface area (Å²) in [5.41, 5.74) is 2.57. The van der Waals surface area contributed by atoms with Gasteiger partial charge in [-0.15, -0.1) is 0 Å². The van der Waals surface area contributed by atoms with Crippen molar-refractivity contribution in [2.24, 2.45) is 5.41 Å². The molecular weight excluding hydrogens is 244 g/mol. The molecule has 1 aromatic carbocycles. The van der Waals surface area contributed by atoms with E-state index >= 15 is 0 Å². The Bertz CT molecular complexity index is 427. The molecule has 1 aliphatic carbocycles. The lowest BCUT2D eigenvalue weighted by Gasteiger charge is -2.29. The first-order valence-corrected chi connectivity index (χ1v) is 7.01. The van der Waals surface area contributed by atoms with Gasteiger partial charge in [-0.05, 0) is 36.5 Å². The molecule has 2 rings (SSSR count). The first-order chi connectivity index (χ1) is 8.40. The molecule has 1 atom stereocenters. The molecule has 0 heterocycles. The van der Waals surface area contributed by atoms with Gasteiger partial charge in [-0.1, -0.05) is 31.9 Å². The van der Waals surface area contributed by atoms with E-state index in [9.17, 15) is 0 Å². The molecule has 0 aliphatic heterocycles. The van der Waals surface area contributed by atoms with E-state index in [0.717, 1.165) is 16.4 Å². The molecule has 1 aromatic rings. The van der Waals surface area contributed by atoms with Crippen LogP contribution in [0.25, 0.3) is 0 Å². The van der Waals surface area contributed by atoms with Crippen LogP contribution in [-0.4, -0.2) is 20.1 Å². The fraction of sp³-hybridized carbons (Fsp3) is 0.600. The zero-order valence-electron chi connectivity index (χ0n) is 11.8. The molecule has 0 aromatic heterocycles. The third-order valence-corrected chi connectivity index (χ3v) is 4.33. The molecule has 1 unspecified atom stereocenters. The van der Waals surface area contributed by atoms with Gasteiger partial charge in [0.2, 0.25) is 0 Å². The summed E-state index contributed by atoms with van der Waals surface area (Å²) >= 11 is 6.30. The van der Waals surface area contributed by atoms with Gasteiger partial charge in [0.1, 0.15) is 0 Å². The molecule has 0 spiro atoms. The van der Waals surface area contributed by atoms with Gasteiger partial charge in [-0.3, -0.25) is 0 Å². The zero-order valence-corrected chi connectivity index (χ0v) is 12.5. The Morgan fingerprint density at radius 1 is 1.33 bits per heavy atom. The molecule has 1 N–H and O–H groups in total. The molecule has 0 bridgehead atoms. The van der Waals surface area contributed by atoms with E-state index in [2.05, 4.69) is 31.3 Å². The average molecular weight is 267 g/mol. The molecule has 100 valence electrons. The summed E-state index contributed by atoms with van der Waals surface area (Å²) in [4.78, 5) is 2.03. The number of nitrogens with zero attached hydrogens (tertiary/aromatic N) is 1. The Morgan fingerprint density at radius 2 is 2.06 bits per heavy atom. The van der Waals surface area contributed by atoms with Gasteiger partial charge >= 0.3 is 0 Å². The van der Waals surface area contributed by atoms with Crippen molar-refractivity contribution in [3.63, 3.8) is 0 Å². The van der Waals surface area contributed by atoms with Crippen molar-refractivity contribution >= 4 is 23.0 Å². The van der Waals surface area contributed by atoms with Crippen LogP contribution in [0.5, 0.6) is 0 Å². The molecule has 3 heteroatoms. The summed E-state index contributed by atoms with van der Waals surface area (Å²) in [6, 6.07) is 6.78. The number of halogens is 1. The highest BCUT2D eigenvalue weighted by atomic mass is 35.5. The molecule has 0 radical (unpaired) electrons. The Kier molecular flexibility index (Phi) is 3.76. The minimum absolute atomic E-state index is 0.382. The van der Waals surface area contributed by atoms with Crippen LogP contribution in [0.2, 0.25) is 5.02 Å². The van der Waals surface area contributed by atoms with Crippen molar-refractivity contribution in [1.29, 1.82) is 0 Å². The standard InChI is InChI=1S/C15H23ClN2/c1-15(2)9-5-6-14(15)17-11-7-8-13(18(3)4)12(16)10-11/h7-8,10,14,17H,5-6,9H2,1-4H3. The molecule has 2 nitrogen and oxygen atoms in total.